The summed E-state index contributed by atoms with van der Waals surface area (Å²) in [6, 6.07) is 10.5. The highest BCUT2D eigenvalue weighted by atomic mass is 19.4. The monoisotopic (exact) mass is 391 g/mol. The van der Waals surface area contributed by atoms with Gasteiger partial charge in [-0.3, -0.25) is 4.79 Å². The molecule has 2 aromatic carbocycles. The first-order valence-electron chi connectivity index (χ1n) is 8.42. The summed E-state index contributed by atoms with van der Waals surface area (Å²) in [6.45, 7) is 3.16. The maximum atomic E-state index is 13.6. The molecule has 146 valence electrons. The lowest BCUT2D eigenvalue weighted by Crippen LogP contribution is -2.24. The van der Waals surface area contributed by atoms with E-state index in [2.05, 4.69) is 10.4 Å². The van der Waals surface area contributed by atoms with E-state index in [-0.39, 0.29) is 23.4 Å². The average Bonchev–Trinajstić information content (AvgIpc) is 2.97. The van der Waals surface area contributed by atoms with E-state index < -0.39 is 23.5 Å². The molecule has 0 saturated heterocycles. The van der Waals surface area contributed by atoms with Crippen LogP contribution in [0.25, 0.3) is 5.69 Å². The summed E-state index contributed by atoms with van der Waals surface area (Å²) in [5, 5.41) is 6.60. The molecule has 0 aliphatic carbocycles. The number of nitrogens with one attached hydrogen (secondary N) is 1. The Morgan fingerprint density at radius 2 is 1.86 bits per heavy atom. The fourth-order valence-electron chi connectivity index (χ4n) is 2.91. The Hall–Kier alpha value is -3.16. The van der Waals surface area contributed by atoms with Crippen LogP contribution in [-0.2, 0) is 12.7 Å². The highest BCUT2D eigenvalue weighted by molar-refractivity contribution is 5.94. The van der Waals surface area contributed by atoms with Gasteiger partial charge in [0.15, 0.2) is 0 Å². The Morgan fingerprint density at radius 3 is 2.46 bits per heavy atom. The number of hydrogen-bond acceptors (Lipinski definition) is 2. The fourth-order valence-corrected chi connectivity index (χ4v) is 2.91. The Kier molecular flexibility index (Phi) is 5.22. The molecule has 1 amide bonds. The molecule has 1 N–H and O–H groups in total. The third kappa shape index (κ3) is 4.21. The lowest BCUT2D eigenvalue weighted by atomic mass is 10.1. The highest BCUT2D eigenvalue weighted by Gasteiger charge is 2.34. The molecule has 0 bridgehead atoms. The normalized spacial score (nSPS) is 11.5. The zero-order valence-electron chi connectivity index (χ0n) is 15.1. The van der Waals surface area contributed by atoms with Crippen molar-refractivity contribution in [2.75, 3.05) is 0 Å². The van der Waals surface area contributed by atoms with Crippen LogP contribution in [0.1, 0.15) is 32.9 Å². The van der Waals surface area contributed by atoms with Crippen molar-refractivity contribution in [1.82, 2.24) is 15.1 Å². The average molecular weight is 391 g/mol. The molecule has 0 spiro atoms. The Bertz CT molecular complexity index is 1020. The van der Waals surface area contributed by atoms with E-state index in [1.807, 2.05) is 0 Å². The zero-order valence-corrected chi connectivity index (χ0v) is 15.1. The standard InChI is InChI=1S/C20H17F4N3O/c1-12-8-13(2)27(26-12)17-7-6-15(18(10-17)20(22,23)24)11-25-19(28)14-4-3-5-16(21)9-14/h3-10H,11H2,1-2H3,(H,25,28). The van der Waals surface area contributed by atoms with Gasteiger partial charge in [-0.2, -0.15) is 18.3 Å². The van der Waals surface area contributed by atoms with Gasteiger partial charge in [0, 0.05) is 17.8 Å². The number of carbonyl (C=O) groups excluding carboxylic acids is 1. The third-order valence-corrected chi connectivity index (χ3v) is 4.18. The first kappa shape index (κ1) is 19.6. The van der Waals surface area contributed by atoms with Gasteiger partial charge in [0.2, 0.25) is 0 Å². The Balaban J connectivity index is 1.88. The van der Waals surface area contributed by atoms with E-state index in [0.29, 0.717) is 11.4 Å². The van der Waals surface area contributed by atoms with Gasteiger partial charge in [0.1, 0.15) is 5.82 Å². The molecule has 1 aromatic heterocycles. The molecular formula is C20H17F4N3O. The van der Waals surface area contributed by atoms with Crippen LogP contribution in [0.4, 0.5) is 17.6 Å². The molecule has 8 heteroatoms. The van der Waals surface area contributed by atoms with Gasteiger partial charge in [0.05, 0.1) is 16.9 Å². The van der Waals surface area contributed by atoms with Gasteiger partial charge in [-0.15, -0.1) is 0 Å². The second-order valence-electron chi connectivity index (χ2n) is 6.37. The molecule has 3 aromatic rings. The summed E-state index contributed by atoms with van der Waals surface area (Å²) >= 11 is 0. The van der Waals surface area contributed by atoms with Gasteiger partial charge < -0.3 is 5.32 Å². The third-order valence-electron chi connectivity index (χ3n) is 4.18. The quantitative estimate of drug-likeness (QED) is 0.662. The Morgan fingerprint density at radius 1 is 1.11 bits per heavy atom. The second kappa shape index (κ2) is 7.46. The van der Waals surface area contributed by atoms with E-state index in [1.54, 1.807) is 19.9 Å². The summed E-state index contributed by atoms with van der Waals surface area (Å²) in [7, 11) is 0. The molecule has 0 atom stereocenters. The summed E-state index contributed by atoms with van der Waals surface area (Å²) in [5.74, 6) is -1.26. The number of aromatic nitrogens is 2. The minimum absolute atomic E-state index is 0.0350. The number of rotatable bonds is 4. The number of aryl methyl sites for hydroxylation is 2. The maximum Gasteiger partial charge on any atom is 0.416 e. The molecule has 0 unspecified atom stereocenters. The number of amides is 1. The van der Waals surface area contributed by atoms with Crippen LogP contribution in [0.15, 0.2) is 48.5 Å². The van der Waals surface area contributed by atoms with Crippen LogP contribution < -0.4 is 5.32 Å². The van der Waals surface area contributed by atoms with Crippen molar-refractivity contribution in [2.24, 2.45) is 0 Å². The molecule has 1 heterocycles. The molecule has 4 nitrogen and oxygen atoms in total. The van der Waals surface area contributed by atoms with Gasteiger partial charge >= 0.3 is 6.18 Å². The van der Waals surface area contributed by atoms with Crippen LogP contribution in [-0.4, -0.2) is 15.7 Å². The van der Waals surface area contributed by atoms with E-state index in [0.717, 1.165) is 12.1 Å². The number of nitrogens with zero attached hydrogens (tertiary/aromatic N) is 2. The molecule has 28 heavy (non-hydrogen) atoms. The van der Waals surface area contributed by atoms with Crippen molar-refractivity contribution in [1.29, 1.82) is 0 Å². The van der Waals surface area contributed by atoms with Crippen LogP contribution in [0, 0.1) is 19.7 Å². The molecule has 0 saturated carbocycles. The highest BCUT2D eigenvalue weighted by Crippen LogP contribution is 2.33. The number of carbonyl (C=O) groups is 1. The van der Waals surface area contributed by atoms with E-state index in [1.165, 1.54) is 35.0 Å². The van der Waals surface area contributed by atoms with Crippen LogP contribution >= 0.6 is 0 Å². The number of alkyl halides is 3. The number of hydrogen-bond donors (Lipinski definition) is 1. The number of benzene rings is 2. The predicted octanol–water partition coefficient (Wildman–Crippen LogP) is 4.58. The number of halogens is 4. The summed E-state index contributed by atoms with van der Waals surface area (Å²) in [5.41, 5.74) is 0.751. The van der Waals surface area contributed by atoms with E-state index >= 15 is 0 Å². The lowest BCUT2D eigenvalue weighted by Gasteiger charge is -2.16. The smallest absolute Gasteiger partial charge is 0.348 e. The van der Waals surface area contributed by atoms with E-state index in [4.69, 9.17) is 0 Å². The van der Waals surface area contributed by atoms with Crippen molar-refractivity contribution in [3.8, 4) is 5.69 Å². The van der Waals surface area contributed by atoms with Crippen molar-refractivity contribution in [3.63, 3.8) is 0 Å². The second-order valence-corrected chi connectivity index (χ2v) is 6.37. The summed E-state index contributed by atoms with van der Waals surface area (Å²) in [4.78, 5) is 12.1. The lowest BCUT2D eigenvalue weighted by molar-refractivity contribution is -0.138. The topological polar surface area (TPSA) is 46.9 Å². The largest absolute Gasteiger partial charge is 0.416 e. The minimum Gasteiger partial charge on any atom is -0.348 e. The van der Waals surface area contributed by atoms with Crippen LogP contribution in [0.5, 0.6) is 0 Å². The molecular weight excluding hydrogens is 374 g/mol. The fraction of sp³-hybridized carbons (Fsp3) is 0.200. The zero-order chi connectivity index (χ0) is 20.5. The van der Waals surface area contributed by atoms with Crippen LogP contribution in [0.3, 0.4) is 0 Å². The molecule has 0 radical (unpaired) electrons. The van der Waals surface area contributed by atoms with Gasteiger partial charge in [-0.25, -0.2) is 9.07 Å². The van der Waals surface area contributed by atoms with Crippen molar-refractivity contribution < 1.29 is 22.4 Å². The van der Waals surface area contributed by atoms with Crippen LogP contribution in [0.2, 0.25) is 0 Å². The van der Waals surface area contributed by atoms with E-state index in [9.17, 15) is 22.4 Å². The SMILES string of the molecule is Cc1cc(C)n(-c2ccc(CNC(=O)c3cccc(F)c3)c(C(F)(F)F)c2)n1. The summed E-state index contributed by atoms with van der Waals surface area (Å²) < 4.78 is 55.3. The molecule has 0 aliphatic rings. The minimum atomic E-state index is -4.61. The maximum absolute atomic E-state index is 13.6. The van der Waals surface area contributed by atoms with Gasteiger partial charge in [0.25, 0.3) is 5.91 Å². The van der Waals surface area contributed by atoms with Gasteiger partial charge in [-0.1, -0.05) is 12.1 Å². The molecule has 0 fully saturated rings. The molecule has 0 aliphatic heterocycles. The first-order chi connectivity index (χ1) is 13.1. The predicted molar refractivity (Wildman–Crippen MR) is 95.6 cm³/mol. The van der Waals surface area contributed by atoms with Crippen molar-refractivity contribution in [3.05, 3.63) is 82.4 Å². The summed E-state index contributed by atoms with van der Waals surface area (Å²) in [6.07, 6.45) is -4.61. The molecule has 3 rings (SSSR count). The Labute approximate surface area is 158 Å². The first-order valence-corrected chi connectivity index (χ1v) is 8.42. The van der Waals surface area contributed by atoms with Crippen molar-refractivity contribution >= 4 is 5.91 Å². The van der Waals surface area contributed by atoms with Gasteiger partial charge in [-0.05, 0) is 55.8 Å². The van der Waals surface area contributed by atoms with Crippen molar-refractivity contribution in [2.45, 2.75) is 26.6 Å².